The van der Waals surface area contributed by atoms with Gasteiger partial charge in [-0.05, 0) is 20.3 Å². The molecule has 0 saturated carbocycles. The van der Waals surface area contributed by atoms with Crippen LogP contribution < -0.4 is 5.32 Å². The average molecular weight is 276 g/mol. The molecule has 7 heteroatoms. The number of alkyl halides is 4. The Morgan fingerprint density at radius 2 is 1.94 bits per heavy atom. The van der Waals surface area contributed by atoms with Crippen molar-refractivity contribution < 1.29 is 22.7 Å². The van der Waals surface area contributed by atoms with E-state index in [1.807, 2.05) is 0 Å². The highest BCUT2D eigenvalue weighted by Gasteiger charge is 2.27. The van der Waals surface area contributed by atoms with Crippen molar-refractivity contribution in [3.63, 3.8) is 0 Å². The first-order chi connectivity index (χ1) is 7.66. The summed E-state index contributed by atoms with van der Waals surface area (Å²) < 4.78 is 39.5. The van der Waals surface area contributed by atoms with Crippen LogP contribution in [0.2, 0.25) is 0 Å². The van der Waals surface area contributed by atoms with Crippen molar-refractivity contribution >= 4 is 17.5 Å². The molecule has 0 aliphatic rings. The first-order valence-electron chi connectivity index (χ1n) is 5.18. The van der Waals surface area contributed by atoms with E-state index in [9.17, 15) is 18.0 Å². The van der Waals surface area contributed by atoms with Gasteiger partial charge < -0.3 is 10.1 Å². The molecule has 0 aromatic heterocycles. The zero-order valence-corrected chi connectivity index (χ0v) is 10.6. The zero-order valence-electron chi connectivity index (χ0n) is 9.86. The smallest absolute Gasteiger partial charge is 0.372 e. The summed E-state index contributed by atoms with van der Waals surface area (Å²) >= 11 is 5.55. The van der Waals surface area contributed by atoms with Crippen LogP contribution in [-0.4, -0.2) is 36.7 Å². The van der Waals surface area contributed by atoms with Gasteiger partial charge in [0.15, 0.2) is 0 Å². The van der Waals surface area contributed by atoms with Gasteiger partial charge in [0.2, 0.25) is 5.91 Å². The number of hydrogen-bond acceptors (Lipinski definition) is 2. The molecule has 1 N–H and O–H groups in total. The number of nitrogens with one attached hydrogen (secondary N) is 1. The van der Waals surface area contributed by atoms with E-state index in [0.717, 1.165) is 0 Å². The Balaban J connectivity index is 3.74. The molecule has 0 aromatic rings. The molecule has 0 radical (unpaired) electrons. The van der Waals surface area contributed by atoms with Crippen LogP contribution in [0.4, 0.5) is 13.2 Å². The molecule has 0 bridgehead atoms. The van der Waals surface area contributed by atoms with Gasteiger partial charge in [0.05, 0.1) is 6.61 Å². The highest BCUT2D eigenvalue weighted by molar-refractivity contribution is 6.17. The number of hydrogen-bond donors (Lipinski definition) is 1. The predicted octanol–water partition coefficient (Wildman–Crippen LogP) is 2.48. The van der Waals surface area contributed by atoms with Crippen molar-refractivity contribution in [3.05, 3.63) is 0 Å². The zero-order chi connectivity index (χ0) is 13.5. The third kappa shape index (κ3) is 10.4. The standard InChI is InChI=1S/C10H17ClF3NO2/c1-9(2,4-5-11)15-8(16)3-6-17-7-10(12,13)14/h3-7H2,1-2H3,(H,15,16). The second kappa shape index (κ2) is 7.06. The van der Waals surface area contributed by atoms with Gasteiger partial charge in [-0.2, -0.15) is 13.2 Å². The fourth-order valence-electron chi connectivity index (χ4n) is 1.09. The van der Waals surface area contributed by atoms with Gasteiger partial charge in [-0.3, -0.25) is 4.79 Å². The van der Waals surface area contributed by atoms with Crippen LogP contribution in [0.25, 0.3) is 0 Å². The van der Waals surface area contributed by atoms with Gasteiger partial charge >= 0.3 is 6.18 Å². The molecular formula is C10H17ClF3NO2. The molecule has 0 fully saturated rings. The first-order valence-corrected chi connectivity index (χ1v) is 5.71. The maximum Gasteiger partial charge on any atom is 0.411 e. The van der Waals surface area contributed by atoms with Crippen LogP contribution in [-0.2, 0) is 9.53 Å². The second-order valence-corrected chi connectivity index (χ2v) is 4.67. The molecule has 0 aliphatic carbocycles. The van der Waals surface area contributed by atoms with Crippen LogP contribution >= 0.6 is 11.6 Å². The van der Waals surface area contributed by atoms with E-state index in [1.165, 1.54) is 0 Å². The molecule has 0 aliphatic heterocycles. The number of carbonyl (C=O) groups excluding carboxylic acids is 1. The first kappa shape index (κ1) is 16.5. The van der Waals surface area contributed by atoms with Crippen LogP contribution in [0, 0.1) is 0 Å². The highest BCUT2D eigenvalue weighted by atomic mass is 35.5. The predicted molar refractivity (Wildman–Crippen MR) is 59.0 cm³/mol. The Morgan fingerprint density at radius 3 is 2.41 bits per heavy atom. The summed E-state index contributed by atoms with van der Waals surface area (Å²) in [6.07, 6.45) is -3.86. The van der Waals surface area contributed by atoms with Gasteiger partial charge in [-0.1, -0.05) is 0 Å². The Morgan fingerprint density at radius 1 is 1.35 bits per heavy atom. The van der Waals surface area contributed by atoms with E-state index < -0.39 is 18.3 Å². The molecular weight excluding hydrogens is 259 g/mol. The van der Waals surface area contributed by atoms with Crippen LogP contribution in [0.3, 0.4) is 0 Å². The number of amides is 1. The SMILES string of the molecule is CC(C)(CCCl)NC(=O)CCOCC(F)(F)F. The molecule has 0 unspecified atom stereocenters. The fraction of sp³-hybridized carbons (Fsp3) is 0.900. The molecule has 0 heterocycles. The normalized spacial score (nSPS) is 12.6. The minimum Gasteiger partial charge on any atom is -0.372 e. The van der Waals surface area contributed by atoms with Crippen LogP contribution in [0.15, 0.2) is 0 Å². The Kier molecular flexibility index (Phi) is 6.85. The average Bonchev–Trinajstić information content (AvgIpc) is 2.09. The van der Waals surface area contributed by atoms with Crippen molar-refractivity contribution in [2.75, 3.05) is 19.1 Å². The lowest BCUT2D eigenvalue weighted by Gasteiger charge is -2.25. The second-order valence-electron chi connectivity index (χ2n) is 4.29. The molecule has 17 heavy (non-hydrogen) atoms. The summed E-state index contributed by atoms with van der Waals surface area (Å²) in [6, 6.07) is 0. The van der Waals surface area contributed by atoms with Gasteiger partial charge in [-0.15, -0.1) is 11.6 Å². The van der Waals surface area contributed by atoms with E-state index in [4.69, 9.17) is 11.6 Å². The quantitative estimate of drug-likeness (QED) is 0.573. The Bertz CT molecular complexity index is 244. The van der Waals surface area contributed by atoms with Gasteiger partial charge in [-0.25, -0.2) is 0 Å². The molecule has 1 amide bonds. The number of halogens is 4. The van der Waals surface area contributed by atoms with Crippen molar-refractivity contribution in [1.82, 2.24) is 5.32 Å². The number of ether oxygens (including phenoxy) is 1. The molecule has 3 nitrogen and oxygen atoms in total. The summed E-state index contributed by atoms with van der Waals surface area (Å²) in [5.74, 6) is 0.0555. The topological polar surface area (TPSA) is 38.3 Å². The largest absolute Gasteiger partial charge is 0.411 e. The molecule has 0 saturated heterocycles. The Labute approximate surface area is 104 Å². The van der Waals surface area contributed by atoms with Gasteiger partial charge in [0.1, 0.15) is 6.61 Å². The molecule has 102 valence electrons. The summed E-state index contributed by atoms with van der Waals surface area (Å²) in [6.45, 7) is 2.02. The molecule has 0 aromatic carbocycles. The van der Waals surface area contributed by atoms with Gasteiger partial charge in [0.25, 0.3) is 0 Å². The lowest BCUT2D eigenvalue weighted by atomic mass is 10.0. The van der Waals surface area contributed by atoms with E-state index in [2.05, 4.69) is 10.1 Å². The van der Waals surface area contributed by atoms with Crippen molar-refractivity contribution in [1.29, 1.82) is 0 Å². The lowest BCUT2D eigenvalue weighted by molar-refractivity contribution is -0.174. The lowest BCUT2D eigenvalue weighted by Crippen LogP contribution is -2.44. The van der Waals surface area contributed by atoms with Crippen molar-refractivity contribution in [2.45, 2.75) is 38.4 Å². The van der Waals surface area contributed by atoms with E-state index in [0.29, 0.717) is 12.3 Å². The minimum atomic E-state index is -4.35. The summed E-state index contributed by atoms with van der Waals surface area (Å²) in [5.41, 5.74) is -0.455. The number of carbonyl (C=O) groups is 1. The molecule has 0 atom stereocenters. The summed E-state index contributed by atoms with van der Waals surface area (Å²) in [5, 5.41) is 2.67. The van der Waals surface area contributed by atoms with Crippen LogP contribution in [0.1, 0.15) is 26.7 Å². The van der Waals surface area contributed by atoms with E-state index in [1.54, 1.807) is 13.8 Å². The fourth-order valence-corrected chi connectivity index (χ4v) is 1.56. The van der Waals surface area contributed by atoms with Gasteiger partial charge in [0, 0.05) is 17.8 Å². The number of rotatable bonds is 7. The monoisotopic (exact) mass is 275 g/mol. The minimum absolute atomic E-state index is 0.0954. The van der Waals surface area contributed by atoms with Crippen LogP contribution in [0.5, 0.6) is 0 Å². The maximum atomic E-state index is 11.7. The Hall–Kier alpha value is -0.490. The van der Waals surface area contributed by atoms with Crippen molar-refractivity contribution in [2.24, 2.45) is 0 Å². The third-order valence-corrected chi connectivity index (χ3v) is 2.13. The summed E-state index contributed by atoms with van der Waals surface area (Å²) in [4.78, 5) is 11.3. The van der Waals surface area contributed by atoms with E-state index in [-0.39, 0.29) is 18.9 Å². The maximum absolute atomic E-state index is 11.7. The highest BCUT2D eigenvalue weighted by Crippen LogP contribution is 2.14. The molecule has 0 rings (SSSR count). The summed E-state index contributed by atoms with van der Waals surface area (Å²) in [7, 11) is 0. The van der Waals surface area contributed by atoms with Crippen molar-refractivity contribution in [3.8, 4) is 0 Å². The van der Waals surface area contributed by atoms with E-state index >= 15 is 0 Å². The molecule has 0 spiro atoms. The third-order valence-electron chi connectivity index (χ3n) is 1.94.